The van der Waals surface area contributed by atoms with Gasteiger partial charge in [0, 0.05) is 26.2 Å². The Morgan fingerprint density at radius 1 is 1.26 bits per heavy atom. The van der Waals surface area contributed by atoms with Gasteiger partial charge in [-0.15, -0.1) is 0 Å². The minimum Gasteiger partial charge on any atom is -0.492 e. The lowest BCUT2D eigenvalue weighted by atomic mass is 10.1. The van der Waals surface area contributed by atoms with Gasteiger partial charge < -0.3 is 9.64 Å². The van der Waals surface area contributed by atoms with Crippen LogP contribution in [0.15, 0.2) is 30.3 Å². The van der Waals surface area contributed by atoms with Crippen LogP contribution in [0.25, 0.3) is 0 Å². The normalized spacial score (nSPS) is 10.6. The number of ether oxygens (including phenoxy) is 1. The minimum absolute atomic E-state index is 0.129. The summed E-state index contributed by atoms with van der Waals surface area (Å²) in [5.74, 6) is 0.958. The predicted octanol–water partition coefficient (Wildman–Crippen LogP) is 2.51. The van der Waals surface area contributed by atoms with Crippen molar-refractivity contribution in [3.8, 4) is 5.75 Å². The van der Waals surface area contributed by atoms with Crippen LogP contribution in [0.4, 0.5) is 0 Å². The highest BCUT2D eigenvalue weighted by Crippen LogP contribution is 2.14. The molecule has 0 spiro atoms. The zero-order chi connectivity index (χ0) is 16.8. The second-order valence-electron chi connectivity index (χ2n) is 5.75. The highest BCUT2D eigenvalue weighted by molar-refractivity contribution is 5.76. The molecular weight excluding hydrogens is 290 g/mol. The van der Waals surface area contributed by atoms with Crippen molar-refractivity contribution in [2.45, 2.75) is 26.7 Å². The summed E-state index contributed by atoms with van der Waals surface area (Å²) in [7, 11) is 3.75. The Bertz CT molecular complexity index is 650. The van der Waals surface area contributed by atoms with E-state index in [1.807, 2.05) is 63.0 Å². The first-order chi connectivity index (χ1) is 11.0. The van der Waals surface area contributed by atoms with Crippen molar-refractivity contribution in [1.29, 1.82) is 0 Å². The smallest absolute Gasteiger partial charge is 0.222 e. The zero-order valence-electron chi connectivity index (χ0n) is 14.4. The lowest BCUT2D eigenvalue weighted by Crippen LogP contribution is -2.31. The molecule has 0 bridgehead atoms. The third kappa shape index (κ3) is 4.58. The number of para-hydroxylation sites is 1. The second kappa shape index (κ2) is 7.81. The molecular formula is C18H25N3O2. The summed E-state index contributed by atoms with van der Waals surface area (Å²) in [6.07, 6.45) is 1.23. The van der Waals surface area contributed by atoms with Crippen molar-refractivity contribution in [3.63, 3.8) is 0 Å². The van der Waals surface area contributed by atoms with E-state index in [0.29, 0.717) is 19.6 Å². The molecule has 0 radical (unpaired) electrons. The van der Waals surface area contributed by atoms with Crippen LogP contribution in [0.1, 0.15) is 23.4 Å². The number of carbonyl (C=O) groups is 1. The maximum atomic E-state index is 12.2. The summed E-state index contributed by atoms with van der Waals surface area (Å²) in [6, 6.07) is 9.64. The lowest BCUT2D eigenvalue weighted by Gasteiger charge is -2.17. The Morgan fingerprint density at radius 3 is 2.57 bits per heavy atom. The van der Waals surface area contributed by atoms with E-state index in [-0.39, 0.29) is 5.91 Å². The summed E-state index contributed by atoms with van der Waals surface area (Å²) in [5, 5.41) is 4.39. The predicted molar refractivity (Wildman–Crippen MR) is 90.6 cm³/mol. The molecule has 2 aromatic rings. The van der Waals surface area contributed by atoms with Crippen molar-refractivity contribution >= 4 is 5.91 Å². The van der Waals surface area contributed by atoms with E-state index in [0.717, 1.165) is 23.6 Å². The molecule has 5 nitrogen and oxygen atoms in total. The molecule has 124 valence electrons. The van der Waals surface area contributed by atoms with E-state index in [4.69, 9.17) is 4.74 Å². The molecule has 5 heteroatoms. The molecule has 1 heterocycles. The summed E-state index contributed by atoms with van der Waals surface area (Å²) in [6.45, 7) is 5.11. The fourth-order valence-electron chi connectivity index (χ4n) is 2.54. The van der Waals surface area contributed by atoms with Crippen LogP contribution in [0.2, 0.25) is 0 Å². The maximum Gasteiger partial charge on any atom is 0.222 e. The van der Waals surface area contributed by atoms with Crippen molar-refractivity contribution in [1.82, 2.24) is 14.7 Å². The van der Waals surface area contributed by atoms with Gasteiger partial charge in [-0.3, -0.25) is 9.48 Å². The van der Waals surface area contributed by atoms with Crippen LogP contribution < -0.4 is 4.74 Å². The molecule has 0 saturated carbocycles. The topological polar surface area (TPSA) is 47.4 Å². The third-order valence-electron chi connectivity index (χ3n) is 4.11. The van der Waals surface area contributed by atoms with Crippen LogP contribution in [-0.4, -0.2) is 40.8 Å². The molecule has 2 rings (SSSR count). The van der Waals surface area contributed by atoms with Gasteiger partial charge in [0.15, 0.2) is 0 Å². The van der Waals surface area contributed by atoms with Gasteiger partial charge in [0.25, 0.3) is 0 Å². The van der Waals surface area contributed by atoms with Crippen molar-refractivity contribution < 1.29 is 9.53 Å². The van der Waals surface area contributed by atoms with E-state index >= 15 is 0 Å². The Kier molecular flexibility index (Phi) is 5.79. The maximum absolute atomic E-state index is 12.2. The van der Waals surface area contributed by atoms with E-state index in [1.54, 1.807) is 4.90 Å². The Hall–Kier alpha value is -2.30. The van der Waals surface area contributed by atoms with Crippen LogP contribution in [-0.2, 0) is 18.3 Å². The number of aryl methyl sites for hydroxylation is 2. The third-order valence-corrected chi connectivity index (χ3v) is 4.11. The SMILES string of the molecule is Cc1nn(C)c(C)c1CCC(=O)N(C)CCOc1ccccc1. The van der Waals surface area contributed by atoms with E-state index in [1.165, 1.54) is 5.56 Å². The molecule has 0 unspecified atom stereocenters. The Balaban J connectivity index is 1.76. The molecule has 0 fully saturated rings. The number of nitrogens with zero attached hydrogens (tertiary/aromatic N) is 3. The van der Waals surface area contributed by atoms with Crippen LogP contribution in [0.5, 0.6) is 5.75 Å². The van der Waals surface area contributed by atoms with Gasteiger partial charge in [-0.05, 0) is 38.0 Å². The number of hydrogen-bond acceptors (Lipinski definition) is 3. The van der Waals surface area contributed by atoms with E-state index < -0.39 is 0 Å². The summed E-state index contributed by atoms with van der Waals surface area (Å²) < 4.78 is 7.49. The number of rotatable bonds is 7. The fraction of sp³-hybridized carbons (Fsp3) is 0.444. The summed E-state index contributed by atoms with van der Waals surface area (Å²) in [4.78, 5) is 14.0. The number of likely N-dealkylation sites (N-methyl/N-ethyl adjacent to an activating group) is 1. The lowest BCUT2D eigenvalue weighted by molar-refractivity contribution is -0.130. The highest BCUT2D eigenvalue weighted by Gasteiger charge is 2.13. The average molecular weight is 315 g/mol. The summed E-state index contributed by atoms with van der Waals surface area (Å²) in [5.41, 5.74) is 3.31. The molecule has 0 aliphatic carbocycles. The van der Waals surface area contributed by atoms with Gasteiger partial charge >= 0.3 is 0 Å². The number of aromatic nitrogens is 2. The van der Waals surface area contributed by atoms with Crippen LogP contribution in [0.3, 0.4) is 0 Å². The standard InChI is InChI=1S/C18H25N3O2/c1-14-17(15(2)21(4)19-14)10-11-18(22)20(3)12-13-23-16-8-6-5-7-9-16/h5-9H,10-13H2,1-4H3. The highest BCUT2D eigenvalue weighted by atomic mass is 16.5. The zero-order valence-corrected chi connectivity index (χ0v) is 14.4. The number of amides is 1. The number of carbonyl (C=O) groups excluding carboxylic acids is 1. The number of hydrogen-bond donors (Lipinski definition) is 0. The first-order valence-electron chi connectivity index (χ1n) is 7.90. The first-order valence-corrected chi connectivity index (χ1v) is 7.90. The molecule has 1 amide bonds. The Labute approximate surface area is 137 Å². The van der Waals surface area contributed by atoms with E-state index in [9.17, 15) is 4.79 Å². The van der Waals surface area contributed by atoms with Crippen molar-refractivity contribution in [2.24, 2.45) is 7.05 Å². The molecule has 1 aromatic carbocycles. The second-order valence-corrected chi connectivity index (χ2v) is 5.75. The van der Waals surface area contributed by atoms with Gasteiger partial charge in [0.05, 0.1) is 12.2 Å². The molecule has 0 atom stereocenters. The molecule has 0 N–H and O–H groups in total. The van der Waals surface area contributed by atoms with Crippen LogP contribution >= 0.6 is 0 Å². The van der Waals surface area contributed by atoms with Gasteiger partial charge in [-0.1, -0.05) is 18.2 Å². The minimum atomic E-state index is 0.129. The van der Waals surface area contributed by atoms with Gasteiger partial charge in [0.2, 0.25) is 5.91 Å². The largest absolute Gasteiger partial charge is 0.492 e. The van der Waals surface area contributed by atoms with E-state index in [2.05, 4.69) is 5.10 Å². The monoisotopic (exact) mass is 315 g/mol. The first kappa shape index (κ1) is 17.1. The molecule has 0 aliphatic rings. The van der Waals surface area contributed by atoms with Gasteiger partial charge in [-0.25, -0.2) is 0 Å². The van der Waals surface area contributed by atoms with Gasteiger partial charge in [-0.2, -0.15) is 5.10 Å². The molecule has 1 aromatic heterocycles. The molecule has 0 aliphatic heterocycles. The Morgan fingerprint density at radius 2 is 1.96 bits per heavy atom. The molecule has 23 heavy (non-hydrogen) atoms. The number of benzene rings is 1. The van der Waals surface area contributed by atoms with Gasteiger partial charge in [0.1, 0.15) is 12.4 Å². The fourth-order valence-corrected chi connectivity index (χ4v) is 2.54. The van der Waals surface area contributed by atoms with Crippen LogP contribution in [0, 0.1) is 13.8 Å². The quantitative estimate of drug-likeness (QED) is 0.789. The average Bonchev–Trinajstić information content (AvgIpc) is 2.78. The summed E-state index contributed by atoms with van der Waals surface area (Å²) >= 11 is 0. The molecule has 0 saturated heterocycles. The van der Waals surface area contributed by atoms with Crippen molar-refractivity contribution in [3.05, 3.63) is 47.3 Å². The van der Waals surface area contributed by atoms with Crippen molar-refractivity contribution in [2.75, 3.05) is 20.2 Å².